The van der Waals surface area contributed by atoms with E-state index in [1.165, 1.54) is 37.9 Å². The smallest absolute Gasteiger partial charge is 0.245 e. The van der Waals surface area contributed by atoms with Crippen LogP contribution in [-0.4, -0.2) is 29.6 Å². The van der Waals surface area contributed by atoms with Crippen LogP contribution in [0.25, 0.3) is 32.3 Å². The Balaban J connectivity index is 1.20. The molecular weight excluding hydrogens is 472 g/mol. The lowest BCUT2D eigenvalue weighted by atomic mass is 9.90. The minimum Gasteiger partial charge on any atom is -0.394 e. The predicted molar refractivity (Wildman–Crippen MR) is 145 cm³/mol. The molecule has 36 heavy (non-hydrogen) atoms. The second-order valence-electron chi connectivity index (χ2n) is 9.08. The molecule has 5 aromatic carbocycles. The van der Waals surface area contributed by atoms with Gasteiger partial charge in [0.15, 0.2) is 0 Å². The molecule has 182 valence electrons. The topological polar surface area (TPSA) is 78.4 Å². The quantitative estimate of drug-likeness (QED) is 0.240. The van der Waals surface area contributed by atoms with Gasteiger partial charge in [0.25, 0.3) is 0 Å². The SMILES string of the molecule is O=C(CCCc1ccc2ccc3cccc4ccc1c2c34)N[C@@H](CO)C(=O)NCc1ccc(Cl)cc1. The first-order valence-corrected chi connectivity index (χ1v) is 12.5. The van der Waals surface area contributed by atoms with Crippen molar-refractivity contribution in [3.05, 3.63) is 95.0 Å². The van der Waals surface area contributed by atoms with Crippen molar-refractivity contribution in [3.63, 3.8) is 0 Å². The normalized spacial score (nSPS) is 12.3. The summed E-state index contributed by atoms with van der Waals surface area (Å²) in [6, 6.07) is 25.4. The maximum Gasteiger partial charge on any atom is 0.245 e. The molecule has 0 heterocycles. The van der Waals surface area contributed by atoms with Crippen LogP contribution in [0.1, 0.15) is 24.0 Å². The van der Waals surface area contributed by atoms with E-state index in [1.807, 2.05) is 12.1 Å². The summed E-state index contributed by atoms with van der Waals surface area (Å²) in [5.74, 6) is -0.680. The van der Waals surface area contributed by atoms with E-state index in [2.05, 4.69) is 65.2 Å². The molecule has 0 bridgehead atoms. The number of amides is 2. The van der Waals surface area contributed by atoms with Crippen molar-refractivity contribution in [3.8, 4) is 0 Å². The maximum atomic E-state index is 12.5. The Morgan fingerprint density at radius 3 is 2.22 bits per heavy atom. The zero-order valence-electron chi connectivity index (χ0n) is 19.8. The van der Waals surface area contributed by atoms with E-state index in [0.29, 0.717) is 11.4 Å². The third kappa shape index (κ3) is 4.99. The van der Waals surface area contributed by atoms with Gasteiger partial charge in [0, 0.05) is 18.0 Å². The Kier molecular flexibility index (Phi) is 7.03. The monoisotopic (exact) mass is 498 g/mol. The zero-order chi connectivity index (χ0) is 25.1. The fourth-order valence-electron chi connectivity index (χ4n) is 4.83. The molecule has 5 nitrogen and oxygen atoms in total. The molecule has 0 radical (unpaired) electrons. The van der Waals surface area contributed by atoms with Crippen LogP contribution in [0.2, 0.25) is 5.02 Å². The molecule has 0 unspecified atom stereocenters. The van der Waals surface area contributed by atoms with Gasteiger partial charge in [-0.25, -0.2) is 0 Å². The Morgan fingerprint density at radius 2 is 1.50 bits per heavy atom. The van der Waals surface area contributed by atoms with Crippen molar-refractivity contribution >= 4 is 55.7 Å². The van der Waals surface area contributed by atoms with Crippen LogP contribution in [0, 0.1) is 0 Å². The van der Waals surface area contributed by atoms with Gasteiger partial charge in [0.1, 0.15) is 6.04 Å². The first-order valence-electron chi connectivity index (χ1n) is 12.1. The molecular formula is C30H27ClN2O3. The van der Waals surface area contributed by atoms with Gasteiger partial charge in [-0.05, 0) is 68.4 Å². The maximum absolute atomic E-state index is 12.5. The molecule has 5 rings (SSSR count). The van der Waals surface area contributed by atoms with Gasteiger partial charge in [-0.3, -0.25) is 9.59 Å². The third-order valence-electron chi connectivity index (χ3n) is 6.68. The van der Waals surface area contributed by atoms with Crippen LogP contribution in [-0.2, 0) is 22.6 Å². The van der Waals surface area contributed by atoms with E-state index in [4.69, 9.17) is 11.6 Å². The van der Waals surface area contributed by atoms with Gasteiger partial charge in [0.05, 0.1) is 6.61 Å². The predicted octanol–water partition coefficient (Wildman–Crippen LogP) is 5.35. The van der Waals surface area contributed by atoms with E-state index in [1.54, 1.807) is 12.1 Å². The molecule has 2 amide bonds. The molecule has 0 fully saturated rings. The average Bonchev–Trinajstić information content (AvgIpc) is 2.90. The minimum absolute atomic E-state index is 0.256. The van der Waals surface area contributed by atoms with Crippen LogP contribution in [0.3, 0.4) is 0 Å². The molecule has 0 saturated carbocycles. The van der Waals surface area contributed by atoms with Crippen molar-refractivity contribution in [2.75, 3.05) is 6.61 Å². The Morgan fingerprint density at radius 1 is 0.833 bits per heavy atom. The summed E-state index contributed by atoms with van der Waals surface area (Å²) in [7, 11) is 0. The van der Waals surface area contributed by atoms with Gasteiger partial charge in [-0.2, -0.15) is 0 Å². The summed E-state index contributed by atoms with van der Waals surface area (Å²) in [4.78, 5) is 25.0. The van der Waals surface area contributed by atoms with Gasteiger partial charge < -0.3 is 15.7 Å². The fraction of sp³-hybridized carbons (Fsp3) is 0.200. The number of carbonyl (C=O) groups is 2. The number of halogens is 1. The number of aryl methyl sites for hydroxylation is 1. The summed E-state index contributed by atoms with van der Waals surface area (Å²) in [5, 5.41) is 23.1. The van der Waals surface area contributed by atoms with E-state index < -0.39 is 18.6 Å². The highest BCUT2D eigenvalue weighted by atomic mass is 35.5. The second-order valence-corrected chi connectivity index (χ2v) is 9.52. The van der Waals surface area contributed by atoms with Gasteiger partial charge in [0.2, 0.25) is 11.8 Å². The van der Waals surface area contributed by atoms with Crippen molar-refractivity contribution in [2.24, 2.45) is 0 Å². The summed E-state index contributed by atoms with van der Waals surface area (Å²) in [5.41, 5.74) is 2.08. The molecule has 1 atom stereocenters. The van der Waals surface area contributed by atoms with E-state index >= 15 is 0 Å². The number of rotatable bonds is 9. The van der Waals surface area contributed by atoms with E-state index in [0.717, 1.165) is 12.0 Å². The van der Waals surface area contributed by atoms with Crippen molar-refractivity contribution in [2.45, 2.75) is 31.8 Å². The second kappa shape index (κ2) is 10.5. The minimum atomic E-state index is -0.987. The van der Waals surface area contributed by atoms with Crippen LogP contribution < -0.4 is 10.6 Å². The summed E-state index contributed by atoms with van der Waals surface area (Å²) in [6.07, 6.45) is 1.65. The number of hydrogen-bond acceptors (Lipinski definition) is 3. The molecule has 0 aromatic heterocycles. The van der Waals surface area contributed by atoms with Gasteiger partial charge >= 0.3 is 0 Å². The standard InChI is InChI=1S/C30H27ClN2O3/c31-24-14-7-19(8-15-24)17-32-30(36)26(18-34)33-27(35)6-2-3-20-9-10-23-12-11-21-4-1-5-22-13-16-25(20)29(23)28(21)22/h1,4-5,7-16,26,34H,2-3,6,17-18H2,(H,32,36)(H,33,35)/t26-/m0/s1. The molecule has 0 aliphatic rings. The van der Waals surface area contributed by atoms with E-state index in [-0.39, 0.29) is 18.9 Å². The van der Waals surface area contributed by atoms with Gasteiger partial charge in [-0.1, -0.05) is 78.3 Å². The average molecular weight is 499 g/mol. The highest BCUT2D eigenvalue weighted by Gasteiger charge is 2.19. The Labute approximate surface area is 214 Å². The zero-order valence-corrected chi connectivity index (χ0v) is 20.5. The largest absolute Gasteiger partial charge is 0.394 e. The number of aliphatic hydroxyl groups excluding tert-OH is 1. The van der Waals surface area contributed by atoms with Crippen LogP contribution in [0.4, 0.5) is 0 Å². The first kappa shape index (κ1) is 24.0. The van der Waals surface area contributed by atoms with Gasteiger partial charge in [-0.15, -0.1) is 0 Å². The third-order valence-corrected chi connectivity index (χ3v) is 6.94. The molecule has 0 aliphatic heterocycles. The summed E-state index contributed by atoms with van der Waals surface area (Å²) < 4.78 is 0. The number of hydrogen-bond donors (Lipinski definition) is 3. The number of carbonyl (C=O) groups excluding carboxylic acids is 2. The highest BCUT2D eigenvalue weighted by Crippen LogP contribution is 2.36. The van der Waals surface area contributed by atoms with Crippen LogP contribution in [0.5, 0.6) is 0 Å². The van der Waals surface area contributed by atoms with E-state index in [9.17, 15) is 14.7 Å². The Hall–Kier alpha value is -3.67. The summed E-state index contributed by atoms with van der Waals surface area (Å²) >= 11 is 5.88. The van der Waals surface area contributed by atoms with Crippen molar-refractivity contribution in [1.29, 1.82) is 0 Å². The number of benzene rings is 5. The van der Waals surface area contributed by atoms with Crippen LogP contribution in [0.15, 0.2) is 78.9 Å². The number of nitrogens with one attached hydrogen (secondary N) is 2. The Bertz CT molecular complexity index is 1520. The lowest BCUT2D eigenvalue weighted by Crippen LogP contribution is -2.48. The lowest BCUT2D eigenvalue weighted by molar-refractivity contribution is -0.130. The van der Waals surface area contributed by atoms with Crippen molar-refractivity contribution in [1.82, 2.24) is 10.6 Å². The first-order chi connectivity index (χ1) is 17.5. The number of aliphatic hydroxyl groups is 1. The molecule has 0 saturated heterocycles. The molecule has 3 N–H and O–H groups in total. The van der Waals surface area contributed by atoms with Crippen molar-refractivity contribution < 1.29 is 14.7 Å². The summed E-state index contributed by atoms with van der Waals surface area (Å²) in [6.45, 7) is -0.176. The molecule has 0 aliphatic carbocycles. The van der Waals surface area contributed by atoms with Crippen LogP contribution >= 0.6 is 11.6 Å². The fourth-order valence-corrected chi connectivity index (χ4v) is 4.95. The lowest BCUT2D eigenvalue weighted by Gasteiger charge is -2.17. The molecule has 0 spiro atoms. The molecule has 6 heteroatoms. The molecule has 5 aromatic rings. The highest BCUT2D eigenvalue weighted by molar-refractivity contribution is 6.30.